The average Bonchev–Trinajstić information content (AvgIpc) is 3.10. The number of anilines is 1. The quantitative estimate of drug-likeness (QED) is 0.507. The second kappa shape index (κ2) is 9.29. The highest BCUT2D eigenvalue weighted by Crippen LogP contribution is 2.27. The average molecular weight is 446 g/mol. The first-order valence-electron chi connectivity index (χ1n) is 9.43. The lowest BCUT2D eigenvalue weighted by molar-refractivity contribution is -0.123. The maximum atomic E-state index is 12.7. The molecule has 10 heteroatoms. The normalized spacial score (nSPS) is 12.5. The summed E-state index contributed by atoms with van der Waals surface area (Å²) < 4.78 is 39.0. The Morgan fingerprint density at radius 1 is 1.13 bits per heavy atom. The monoisotopic (exact) mass is 446 g/mol. The molecule has 0 aliphatic carbocycles. The van der Waals surface area contributed by atoms with E-state index in [1.807, 2.05) is 19.1 Å². The molecule has 0 fully saturated rings. The number of fused-ring (bicyclic) bond motifs is 1. The number of hydrogen-bond donors (Lipinski definition) is 2. The van der Waals surface area contributed by atoms with E-state index in [0.717, 1.165) is 5.39 Å². The molecule has 0 saturated carbocycles. The van der Waals surface area contributed by atoms with E-state index in [4.69, 9.17) is 19.0 Å². The van der Waals surface area contributed by atoms with E-state index < -0.39 is 28.0 Å². The maximum absolute atomic E-state index is 12.7. The summed E-state index contributed by atoms with van der Waals surface area (Å²) in [7, 11) is -3.84. The van der Waals surface area contributed by atoms with Gasteiger partial charge in [0.25, 0.3) is 5.91 Å². The summed E-state index contributed by atoms with van der Waals surface area (Å²) in [6.45, 7) is 3.87. The Kier molecular flexibility index (Phi) is 6.74. The van der Waals surface area contributed by atoms with Crippen molar-refractivity contribution in [3.05, 3.63) is 59.9 Å². The van der Waals surface area contributed by atoms with Crippen molar-refractivity contribution in [1.82, 2.24) is 0 Å². The molecule has 0 aliphatic heterocycles. The maximum Gasteiger partial charge on any atom is 0.375 e. The van der Waals surface area contributed by atoms with Crippen LogP contribution in [-0.2, 0) is 30.9 Å². The van der Waals surface area contributed by atoms with Crippen LogP contribution < -0.4 is 10.5 Å². The first-order valence-corrected chi connectivity index (χ1v) is 11.0. The van der Waals surface area contributed by atoms with Crippen LogP contribution in [0, 0.1) is 0 Å². The molecule has 1 unspecified atom stereocenters. The highest BCUT2D eigenvalue weighted by Gasteiger charge is 2.26. The van der Waals surface area contributed by atoms with Gasteiger partial charge < -0.3 is 19.2 Å². The molecule has 2 aromatic carbocycles. The number of benzene rings is 2. The number of ether oxygens (including phenoxy) is 2. The van der Waals surface area contributed by atoms with Crippen LogP contribution in [0.3, 0.4) is 0 Å². The van der Waals surface area contributed by atoms with Crippen molar-refractivity contribution in [2.24, 2.45) is 5.14 Å². The first kappa shape index (κ1) is 22.5. The van der Waals surface area contributed by atoms with E-state index in [-0.39, 0.29) is 17.3 Å². The molecule has 0 bridgehead atoms. The van der Waals surface area contributed by atoms with Crippen LogP contribution in [0.5, 0.6) is 0 Å². The zero-order valence-corrected chi connectivity index (χ0v) is 17.8. The van der Waals surface area contributed by atoms with E-state index >= 15 is 0 Å². The molecule has 31 heavy (non-hydrogen) atoms. The van der Waals surface area contributed by atoms with Gasteiger partial charge in [-0.25, -0.2) is 18.4 Å². The van der Waals surface area contributed by atoms with Crippen LogP contribution in [0.4, 0.5) is 5.69 Å². The number of nitrogens with two attached hydrogens (primary N) is 1. The minimum absolute atomic E-state index is 0.0215. The molecule has 3 N–H and O–H groups in total. The van der Waals surface area contributed by atoms with E-state index in [0.29, 0.717) is 23.4 Å². The molecular formula is C21H22N2O7S. The van der Waals surface area contributed by atoms with Gasteiger partial charge in [-0.15, -0.1) is 0 Å². The lowest BCUT2D eigenvalue weighted by Crippen LogP contribution is -2.30. The smallest absolute Gasteiger partial charge is 0.375 e. The van der Waals surface area contributed by atoms with Gasteiger partial charge in [0.1, 0.15) is 5.58 Å². The molecule has 1 aromatic heterocycles. The Morgan fingerprint density at radius 2 is 1.81 bits per heavy atom. The summed E-state index contributed by atoms with van der Waals surface area (Å²) in [6, 6.07) is 12.4. The highest BCUT2D eigenvalue weighted by molar-refractivity contribution is 7.89. The summed E-state index contributed by atoms with van der Waals surface area (Å²) in [5.74, 6) is -1.41. The van der Waals surface area contributed by atoms with Crippen molar-refractivity contribution in [3.8, 4) is 0 Å². The number of para-hydroxylation sites is 1. The Balaban J connectivity index is 1.72. The van der Waals surface area contributed by atoms with Gasteiger partial charge in [0.15, 0.2) is 6.10 Å². The molecule has 0 spiro atoms. The number of esters is 1. The van der Waals surface area contributed by atoms with Gasteiger partial charge in [-0.3, -0.25) is 4.79 Å². The zero-order valence-electron chi connectivity index (χ0n) is 17.0. The number of rotatable bonds is 8. The SMILES string of the molecule is CCOCc1c(C(=O)OC(C)C(=O)Nc2ccc(S(N)(=O)=O)cc2)oc2ccccc12. The number of amides is 1. The number of hydrogen-bond acceptors (Lipinski definition) is 7. The van der Waals surface area contributed by atoms with E-state index in [1.54, 1.807) is 12.1 Å². The number of sulfonamides is 1. The van der Waals surface area contributed by atoms with Gasteiger partial charge in [-0.1, -0.05) is 18.2 Å². The number of nitrogens with one attached hydrogen (secondary N) is 1. The molecule has 1 amide bonds. The predicted molar refractivity (Wildman–Crippen MR) is 113 cm³/mol. The largest absolute Gasteiger partial charge is 0.449 e. The first-order chi connectivity index (χ1) is 14.7. The number of furan rings is 1. The molecule has 9 nitrogen and oxygen atoms in total. The number of primary sulfonamides is 1. The van der Waals surface area contributed by atoms with Gasteiger partial charge in [0.2, 0.25) is 15.8 Å². The Hall–Kier alpha value is -3.21. The Labute approximate surface area is 179 Å². The van der Waals surface area contributed by atoms with Crippen molar-refractivity contribution in [2.75, 3.05) is 11.9 Å². The summed E-state index contributed by atoms with van der Waals surface area (Å²) in [5.41, 5.74) is 1.38. The van der Waals surface area contributed by atoms with E-state index in [2.05, 4.69) is 5.32 Å². The summed E-state index contributed by atoms with van der Waals surface area (Å²) in [4.78, 5) is 25.0. The summed E-state index contributed by atoms with van der Waals surface area (Å²) in [5, 5.41) is 8.32. The van der Waals surface area contributed by atoms with E-state index in [9.17, 15) is 18.0 Å². The van der Waals surface area contributed by atoms with Crippen LogP contribution in [0.1, 0.15) is 30.0 Å². The fourth-order valence-electron chi connectivity index (χ4n) is 2.85. The van der Waals surface area contributed by atoms with Gasteiger partial charge >= 0.3 is 5.97 Å². The van der Waals surface area contributed by atoms with Crippen molar-refractivity contribution >= 4 is 38.6 Å². The van der Waals surface area contributed by atoms with Gasteiger partial charge in [-0.2, -0.15) is 0 Å². The molecule has 3 aromatic rings. The van der Waals surface area contributed by atoms with Crippen LogP contribution in [0.2, 0.25) is 0 Å². The second-order valence-electron chi connectivity index (χ2n) is 6.65. The molecule has 0 radical (unpaired) electrons. The third kappa shape index (κ3) is 5.29. The third-order valence-corrected chi connectivity index (χ3v) is 5.37. The third-order valence-electron chi connectivity index (χ3n) is 4.44. The highest BCUT2D eigenvalue weighted by atomic mass is 32.2. The van der Waals surface area contributed by atoms with Crippen molar-refractivity contribution in [3.63, 3.8) is 0 Å². The van der Waals surface area contributed by atoms with Crippen molar-refractivity contribution in [1.29, 1.82) is 0 Å². The molecular weight excluding hydrogens is 424 g/mol. The fourth-order valence-corrected chi connectivity index (χ4v) is 3.37. The zero-order chi connectivity index (χ0) is 22.6. The second-order valence-corrected chi connectivity index (χ2v) is 8.21. The molecule has 0 aliphatic rings. The lowest BCUT2D eigenvalue weighted by atomic mass is 10.1. The predicted octanol–water partition coefficient (Wildman–Crippen LogP) is 2.80. The van der Waals surface area contributed by atoms with Crippen LogP contribution in [-0.4, -0.2) is 33.0 Å². The van der Waals surface area contributed by atoms with Gasteiger partial charge in [-0.05, 0) is 44.2 Å². The summed E-state index contributed by atoms with van der Waals surface area (Å²) in [6.07, 6.45) is -1.14. The van der Waals surface area contributed by atoms with Gasteiger partial charge in [0, 0.05) is 23.2 Å². The van der Waals surface area contributed by atoms with Crippen molar-refractivity contribution in [2.45, 2.75) is 31.5 Å². The molecule has 3 rings (SSSR count). The number of carbonyl (C=O) groups is 2. The fraction of sp³-hybridized carbons (Fsp3) is 0.238. The molecule has 164 valence electrons. The molecule has 1 atom stereocenters. The molecule has 1 heterocycles. The standard InChI is InChI=1S/C21H22N2O7S/c1-3-28-12-17-16-6-4-5-7-18(16)30-19(17)21(25)29-13(2)20(24)23-14-8-10-15(11-9-14)31(22,26)27/h4-11,13H,3,12H2,1-2H3,(H,23,24)(H2,22,26,27). The van der Waals surface area contributed by atoms with Crippen LogP contribution in [0.15, 0.2) is 57.8 Å². The Morgan fingerprint density at radius 3 is 2.45 bits per heavy atom. The lowest BCUT2D eigenvalue weighted by Gasteiger charge is -2.13. The Bertz CT molecular complexity index is 1200. The van der Waals surface area contributed by atoms with E-state index in [1.165, 1.54) is 31.2 Å². The molecule has 0 saturated heterocycles. The topological polar surface area (TPSA) is 138 Å². The summed E-state index contributed by atoms with van der Waals surface area (Å²) >= 11 is 0. The van der Waals surface area contributed by atoms with Crippen LogP contribution >= 0.6 is 0 Å². The minimum atomic E-state index is -3.84. The number of carbonyl (C=O) groups excluding carboxylic acids is 2. The van der Waals surface area contributed by atoms with Gasteiger partial charge in [0.05, 0.1) is 11.5 Å². The minimum Gasteiger partial charge on any atom is -0.449 e. The van der Waals surface area contributed by atoms with Crippen LogP contribution in [0.25, 0.3) is 11.0 Å². The van der Waals surface area contributed by atoms with Crippen molar-refractivity contribution < 1.29 is 31.9 Å².